The van der Waals surface area contributed by atoms with Crippen molar-refractivity contribution in [2.45, 2.75) is 6.42 Å². The molecule has 0 aromatic heterocycles. The molecule has 0 saturated carbocycles. The maximum Gasteiger partial charge on any atom is 0.315 e. The SMILES string of the molecule is COc1cc(C(=O)Cc2ccc(Cl)cc2)cc([N+](=O)[O-])c1O. The number of carbonyl (C=O) groups excluding carboxylic acids is 1. The highest BCUT2D eigenvalue weighted by molar-refractivity contribution is 6.30. The fraction of sp³-hybridized carbons (Fsp3) is 0.133. The number of phenolic OH excluding ortho intramolecular Hbond substituents is 1. The zero-order valence-electron chi connectivity index (χ0n) is 11.6. The number of rotatable bonds is 5. The van der Waals surface area contributed by atoms with Crippen molar-refractivity contribution in [1.29, 1.82) is 0 Å². The fourth-order valence-corrected chi connectivity index (χ4v) is 2.06. The zero-order valence-corrected chi connectivity index (χ0v) is 12.3. The van der Waals surface area contributed by atoms with E-state index < -0.39 is 16.4 Å². The highest BCUT2D eigenvalue weighted by Gasteiger charge is 2.22. The third-order valence-corrected chi connectivity index (χ3v) is 3.32. The van der Waals surface area contributed by atoms with Crippen LogP contribution in [-0.2, 0) is 6.42 Å². The number of ketones is 1. The monoisotopic (exact) mass is 321 g/mol. The van der Waals surface area contributed by atoms with E-state index in [1.54, 1.807) is 24.3 Å². The highest BCUT2D eigenvalue weighted by atomic mass is 35.5. The predicted molar refractivity (Wildman–Crippen MR) is 80.8 cm³/mol. The molecule has 0 saturated heterocycles. The van der Waals surface area contributed by atoms with E-state index in [0.717, 1.165) is 11.6 Å². The Morgan fingerprint density at radius 3 is 2.50 bits per heavy atom. The molecule has 0 aliphatic carbocycles. The van der Waals surface area contributed by atoms with E-state index in [9.17, 15) is 20.0 Å². The molecule has 22 heavy (non-hydrogen) atoms. The lowest BCUT2D eigenvalue weighted by atomic mass is 10.0. The second kappa shape index (κ2) is 6.44. The van der Waals surface area contributed by atoms with Gasteiger partial charge in [-0.2, -0.15) is 0 Å². The van der Waals surface area contributed by atoms with Crippen molar-refractivity contribution in [1.82, 2.24) is 0 Å². The minimum absolute atomic E-state index is 0.0578. The molecule has 0 aliphatic rings. The van der Waals surface area contributed by atoms with Gasteiger partial charge in [-0.25, -0.2) is 0 Å². The predicted octanol–water partition coefficient (Wildman–Crippen LogP) is 3.39. The number of Topliss-reactive ketones (excluding diaryl/α,β-unsaturated/α-hetero) is 1. The Kier molecular flexibility index (Phi) is 4.62. The van der Waals surface area contributed by atoms with Crippen molar-refractivity contribution < 1.29 is 19.6 Å². The standard InChI is InChI=1S/C15H12ClNO5/c1-22-14-8-10(7-12(15(14)19)17(20)21)13(18)6-9-2-4-11(16)5-3-9/h2-5,7-8,19H,6H2,1H3. The van der Waals surface area contributed by atoms with Crippen molar-refractivity contribution in [3.63, 3.8) is 0 Å². The second-order valence-electron chi connectivity index (χ2n) is 4.53. The lowest BCUT2D eigenvalue weighted by molar-refractivity contribution is -0.386. The summed E-state index contributed by atoms with van der Waals surface area (Å²) in [7, 11) is 1.26. The molecule has 0 amide bonds. The van der Waals surface area contributed by atoms with Crippen LogP contribution in [0.3, 0.4) is 0 Å². The topological polar surface area (TPSA) is 89.7 Å². The number of hydrogen-bond acceptors (Lipinski definition) is 5. The Hall–Kier alpha value is -2.60. The van der Waals surface area contributed by atoms with Gasteiger partial charge in [0.05, 0.1) is 12.0 Å². The molecule has 0 spiro atoms. The van der Waals surface area contributed by atoms with Crippen molar-refractivity contribution in [3.8, 4) is 11.5 Å². The van der Waals surface area contributed by atoms with E-state index in [4.69, 9.17) is 16.3 Å². The Labute approximate surface area is 131 Å². The molecule has 7 heteroatoms. The van der Waals surface area contributed by atoms with Gasteiger partial charge >= 0.3 is 5.69 Å². The first-order chi connectivity index (χ1) is 10.4. The first kappa shape index (κ1) is 15.8. The summed E-state index contributed by atoms with van der Waals surface area (Å²) in [5.74, 6) is -1.05. The lowest BCUT2D eigenvalue weighted by Crippen LogP contribution is -2.05. The van der Waals surface area contributed by atoms with Gasteiger partial charge in [0.2, 0.25) is 5.75 Å². The lowest BCUT2D eigenvalue weighted by Gasteiger charge is -2.07. The van der Waals surface area contributed by atoms with Crippen LogP contribution >= 0.6 is 11.6 Å². The molecule has 6 nitrogen and oxygen atoms in total. The maximum absolute atomic E-state index is 12.3. The number of nitrogens with zero attached hydrogens (tertiary/aromatic N) is 1. The number of methoxy groups -OCH3 is 1. The first-order valence-corrected chi connectivity index (χ1v) is 6.63. The number of aromatic hydroxyl groups is 1. The van der Waals surface area contributed by atoms with Gasteiger partial charge in [0.25, 0.3) is 0 Å². The highest BCUT2D eigenvalue weighted by Crippen LogP contribution is 2.37. The molecule has 114 valence electrons. The zero-order chi connectivity index (χ0) is 16.3. The number of nitro benzene ring substituents is 1. The van der Waals surface area contributed by atoms with Gasteiger partial charge in [0.15, 0.2) is 11.5 Å². The minimum Gasteiger partial charge on any atom is -0.500 e. The van der Waals surface area contributed by atoms with Gasteiger partial charge in [-0.1, -0.05) is 23.7 Å². The smallest absolute Gasteiger partial charge is 0.315 e. The fourth-order valence-electron chi connectivity index (χ4n) is 1.94. The molecule has 2 aromatic rings. The van der Waals surface area contributed by atoms with Crippen LogP contribution in [0.25, 0.3) is 0 Å². The number of halogens is 1. The summed E-state index contributed by atoms with van der Waals surface area (Å²) in [5.41, 5.74) is 0.249. The van der Waals surface area contributed by atoms with E-state index in [1.807, 2.05) is 0 Å². The van der Waals surface area contributed by atoms with Gasteiger partial charge in [-0.15, -0.1) is 0 Å². The van der Waals surface area contributed by atoms with Crippen molar-refractivity contribution >= 4 is 23.1 Å². The average Bonchev–Trinajstić information content (AvgIpc) is 2.49. The first-order valence-electron chi connectivity index (χ1n) is 6.25. The molecule has 1 N–H and O–H groups in total. The van der Waals surface area contributed by atoms with Gasteiger partial charge in [-0.3, -0.25) is 14.9 Å². The average molecular weight is 322 g/mol. The molecule has 0 radical (unpaired) electrons. The van der Waals surface area contributed by atoms with E-state index in [-0.39, 0.29) is 23.5 Å². The van der Waals surface area contributed by atoms with Crippen LogP contribution in [0.2, 0.25) is 5.02 Å². The molecule has 0 heterocycles. The summed E-state index contributed by atoms with van der Waals surface area (Å²) in [6.07, 6.45) is 0.0578. The van der Waals surface area contributed by atoms with Crippen LogP contribution in [-0.4, -0.2) is 22.9 Å². The number of ether oxygens (including phenoxy) is 1. The summed E-state index contributed by atoms with van der Waals surface area (Å²) in [6.45, 7) is 0. The van der Waals surface area contributed by atoms with E-state index in [2.05, 4.69) is 0 Å². The third kappa shape index (κ3) is 3.35. The van der Waals surface area contributed by atoms with Gasteiger partial charge in [0.1, 0.15) is 0 Å². The Balaban J connectivity index is 2.35. The largest absolute Gasteiger partial charge is 0.500 e. The second-order valence-corrected chi connectivity index (χ2v) is 4.97. The van der Waals surface area contributed by atoms with Crippen molar-refractivity contribution in [2.75, 3.05) is 7.11 Å². The quantitative estimate of drug-likeness (QED) is 0.518. The Bertz CT molecular complexity index is 727. The van der Waals surface area contributed by atoms with Crippen molar-refractivity contribution in [3.05, 3.63) is 62.7 Å². The van der Waals surface area contributed by atoms with Crippen LogP contribution in [0.5, 0.6) is 11.5 Å². The van der Waals surface area contributed by atoms with Crippen LogP contribution in [0.4, 0.5) is 5.69 Å². The van der Waals surface area contributed by atoms with Crippen LogP contribution in [0, 0.1) is 10.1 Å². The van der Waals surface area contributed by atoms with Crippen LogP contribution in [0.15, 0.2) is 36.4 Å². The molecule has 0 bridgehead atoms. The molecular formula is C15H12ClNO5. The Morgan fingerprint density at radius 1 is 1.32 bits per heavy atom. The van der Waals surface area contributed by atoms with Gasteiger partial charge in [-0.05, 0) is 23.8 Å². The number of benzene rings is 2. The summed E-state index contributed by atoms with van der Waals surface area (Å²) < 4.78 is 4.87. The van der Waals surface area contributed by atoms with Crippen LogP contribution < -0.4 is 4.74 Å². The summed E-state index contributed by atoms with van der Waals surface area (Å²) in [4.78, 5) is 22.4. The number of nitro groups is 1. The van der Waals surface area contributed by atoms with Crippen LogP contribution in [0.1, 0.15) is 15.9 Å². The van der Waals surface area contributed by atoms with E-state index in [0.29, 0.717) is 5.02 Å². The molecule has 0 atom stereocenters. The molecule has 2 rings (SSSR count). The molecule has 0 aliphatic heterocycles. The summed E-state index contributed by atoms with van der Waals surface area (Å²) >= 11 is 5.77. The Morgan fingerprint density at radius 2 is 1.95 bits per heavy atom. The van der Waals surface area contributed by atoms with Crippen molar-refractivity contribution in [2.24, 2.45) is 0 Å². The summed E-state index contributed by atoms with van der Waals surface area (Å²) in [5, 5.41) is 21.2. The maximum atomic E-state index is 12.3. The third-order valence-electron chi connectivity index (χ3n) is 3.07. The van der Waals surface area contributed by atoms with E-state index >= 15 is 0 Å². The molecular weight excluding hydrogens is 310 g/mol. The number of carbonyl (C=O) groups is 1. The molecule has 2 aromatic carbocycles. The van der Waals surface area contributed by atoms with E-state index in [1.165, 1.54) is 13.2 Å². The normalized spacial score (nSPS) is 10.3. The molecule has 0 fully saturated rings. The van der Waals surface area contributed by atoms with Gasteiger partial charge < -0.3 is 9.84 Å². The molecule has 0 unspecified atom stereocenters. The van der Waals surface area contributed by atoms with Gasteiger partial charge in [0, 0.05) is 23.1 Å². The number of hydrogen-bond donors (Lipinski definition) is 1. The minimum atomic E-state index is -0.767. The number of phenols is 1. The summed E-state index contributed by atoms with van der Waals surface area (Å²) in [6, 6.07) is 9.03.